The van der Waals surface area contributed by atoms with Gasteiger partial charge in [0.05, 0.1) is 16.7 Å². The smallest absolute Gasteiger partial charge is 0.296 e. The normalized spacial score (nSPS) is 16.1. The van der Waals surface area contributed by atoms with E-state index in [9.17, 15) is 19.1 Å². The Bertz CT molecular complexity index is 1330. The minimum absolute atomic E-state index is 0.0619. The number of ketones is 1. The standard InChI is InChI=1S/C22H14FN3O4S3/c23-13-7-5-12(6-8-13)11-32-22-25-24-21(33-22)26-17(14-3-1-9-30-14)16(19(28)20(26)29)18(27)15-4-2-10-31-15/h1-10,17,28H,11H2. The first kappa shape index (κ1) is 21.6. The number of furan rings is 1. The summed E-state index contributed by atoms with van der Waals surface area (Å²) in [6, 6.07) is 11.8. The Balaban J connectivity index is 1.44. The maximum absolute atomic E-state index is 13.1. The van der Waals surface area contributed by atoms with Crippen LogP contribution in [0.3, 0.4) is 0 Å². The van der Waals surface area contributed by atoms with Gasteiger partial charge in [-0.3, -0.25) is 14.5 Å². The number of Topliss-reactive ketones (excluding diaryl/α,β-unsaturated/α-hetero) is 1. The van der Waals surface area contributed by atoms with Crippen LogP contribution < -0.4 is 4.90 Å². The highest BCUT2D eigenvalue weighted by atomic mass is 32.2. The molecule has 0 radical (unpaired) electrons. The molecular weight excluding hydrogens is 485 g/mol. The predicted octanol–water partition coefficient (Wildman–Crippen LogP) is 5.41. The highest BCUT2D eigenvalue weighted by molar-refractivity contribution is 8.00. The van der Waals surface area contributed by atoms with Gasteiger partial charge in [0.1, 0.15) is 17.6 Å². The zero-order valence-electron chi connectivity index (χ0n) is 16.7. The predicted molar refractivity (Wildman–Crippen MR) is 123 cm³/mol. The Morgan fingerprint density at radius 2 is 2.00 bits per heavy atom. The molecule has 1 aromatic carbocycles. The summed E-state index contributed by atoms with van der Waals surface area (Å²) in [5.41, 5.74) is 0.847. The van der Waals surface area contributed by atoms with Gasteiger partial charge >= 0.3 is 0 Å². The largest absolute Gasteiger partial charge is 0.503 e. The van der Waals surface area contributed by atoms with Crippen molar-refractivity contribution in [1.29, 1.82) is 0 Å². The lowest BCUT2D eigenvalue weighted by molar-refractivity contribution is -0.117. The summed E-state index contributed by atoms with van der Waals surface area (Å²) in [6.07, 6.45) is 1.44. The van der Waals surface area contributed by atoms with Crippen molar-refractivity contribution in [3.63, 3.8) is 0 Å². The fourth-order valence-electron chi connectivity index (χ4n) is 3.37. The number of hydrogen-bond donors (Lipinski definition) is 1. The number of carbonyl (C=O) groups excluding carboxylic acids is 2. The van der Waals surface area contributed by atoms with Crippen molar-refractivity contribution in [1.82, 2.24) is 10.2 Å². The first-order valence-corrected chi connectivity index (χ1v) is 12.3. The highest BCUT2D eigenvalue weighted by Gasteiger charge is 2.47. The average molecular weight is 500 g/mol. The molecule has 0 spiro atoms. The number of aliphatic hydroxyl groups is 1. The maximum Gasteiger partial charge on any atom is 0.296 e. The van der Waals surface area contributed by atoms with Crippen LogP contribution in [-0.4, -0.2) is 27.0 Å². The number of aromatic nitrogens is 2. The lowest BCUT2D eigenvalue weighted by Crippen LogP contribution is -2.30. The van der Waals surface area contributed by atoms with Gasteiger partial charge in [-0.2, -0.15) is 0 Å². The van der Waals surface area contributed by atoms with Crippen LogP contribution in [0.5, 0.6) is 0 Å². The van der Waals surface area contributed by atoms with E-state index < -0.39 is 23.5 Å². The quantitative estimate of drug-likeness (QED) is 0.206. The molecule has 1 atom stereocenters. The van der Waals surface area contributed by atoms with Crippen molar-refractivity contribution >= 4 is 51.3 Å². The molecule has 4 aromatic rings. The van der Waals surface area contributed by atoms with E-state index in [1.165, 1.54) is 46.4 Å². The highest BCUT2D eigenvalue weighted by Crippen LogP contribution is 2.44. The van der Waals surface area contributed by atoms with Crippen LogP contribution in [0.1, 0.15) is 27.0 Å². The zero-order chi connectivity index (χ0) is 22.9. The van der Waals surface area contributed by atoms with Gasteiger partial charge in [-0.05, 0) is 41.3 Å². The van der Waals surface area contributed by atoms with E-state index in [1.807, 2.05) is 0 Å². The first-order valence-electron chi connectivity index (χ1n) is 9.62. The molecule has 0 aliphatic carbocycles. The molecule has 0 fully saturated rings. The van der Waals surface area contributed by atoms with Gasteiger partial charge in [0.15, 0.2) is 10.1 Å². The third kappa shape index (κ3) is 4.10. The number of benzene rings is 1. The van der Waals surface area contributed by atoms with Crippen LogP contribution in [0, 0.1) is 5.82 Å². The van der Waals surface area contributed by atoms with Gasteiger partial charge in [0, 0.05) is 5.75 Å². The number of anilines is 1. The molecule has 1 amide bonds. The Morgan fingerprint density at radius 3 is 2.70 bits per heavy atom. The number of thiophene rings is 1. The van der Waals surface area contributed by atoms with E-state index in [1.54, 1.807) is 41.8 Å². The van der Waals surface area contributed by atoms with Crippen molar-refractivity contribution in [2.45, 2.75) is 16.1 Å². The number of rotatable bonds is 7. The molecule has 4 heterocycles. The topological polar surface area (TPSA) is 96.5 Å². The SMILES string of the molecule is O=C(C1=C(O)C(=O)N(c2nnc(SCc3ccc(F)cc3)s2)C1c1ccco1)c1cccs1. The summed E-state index contributed by atoms with van der Waals surface area (Å²) in [6.45, 7) is 0. The van der Waals surface area contributed by atoms with Crippen LogP contribution in [0.15, 0.2) is 80.3 Å². The molecule has 3 aromatic heterocycles. The average Bonchev–Trinajstić information content (AvgIpc) is 3.62. The van der Waals surface area contributed by atoms with Crippen LogP contribution in [-0.2, 0) is 10.5 Å². The fraction of sp³-hybridized carbons (Fsp3) is 0.0909. The molecular formula is C22H14FN3O4S3. The Hall–Kier alpha value is -3.28. The molecule has 0 bridgehead atoms. The molecule has 33 heavy (non-hydrogen) atoms. The number of hydrogen-bond acceptors (Lipinski definition) is 9. The van der Waals surface area contributed by atoms with E-state index in [4.69, 9.17) is 4.42 Å². The lowest BCUT2D eigenvalue weighted by Gasteiger charge is -2.21. The van der Waals surface area contributed by atoms with Gasteiger partial charge in [-0.1, -0.05) is 41.3 Å². The molecule has 1 aliphatic rings. The summed E-state index contributed by atoms with van der Waals surface area (Å²) in [4.78, 5) is 27.8. The maximum atomic E-state index is 13.1. The van der Waals surface area contributed by atoms with Gasteiger partial charge in [-0.15, -0.1) is 21.5 Å². The fourth-order valence-corrected chi connectivity index (χ4v) is 5.88. The molecule has 166 valence electrons. The summed E-state index contributed by atoms with van der Waals surface area (Å²) < 4.78 is 19.2. The van der Waals surface area contributed by atoms with E-state index in [-0.39, 0.29) is 16.5 Å². The second kappa shape index (κ2) is 8.93. The second-order valence-electron chi connectivity index (χ2n) is 6.93. The third-order valence-electron chi connectivity index (χ3n) is 4.89. The van der Waals surface area contributed by atoms with Crippen LogP contribution in [0.4, 0.5) is 9.52 Å². The third-order valence-corrected chi connectivity index (χ3v) is 7.88. The van der Waals surface area contributed by atoms with Crippen molar-refractivity contribution in [2.24, 2.45) is 0 Å². The molecule has 5 rings (SSSR count). The van der Waals surface area contributed by atoms with Crippen molar-refractivity contribution < 1.29 is 23.5 Å². The van der Waals surface area contributed by atoms with Crippen molar-refractivity contribution in [3.8, 4) is 0 Å². The molecule has 0 saturated carbocycles. The van der Waals surface area contributed by atoms with Crippen molar-refractivity contribution in [3.05, 3.63) is 93.5 Å². The number of thioether (sulfide) groups is 1. The summed E-state index contributed by atoms with van der Waals surface area (Å²) in [5, 5.41) is 20.9. The van der Waals surface area contributed by atoms with E-state index in [0.717, 1.165) is 16.9 Å². The van der Waals surface area contributed by atoms with Crippen LogP contribution >= 0.6 is 34.4 Å². The molecule has 0 saturated heterocycles. The number of aliphatic hydroxyl groups excluding tert-OH is 1. The Morgan fingerprint density at radius 1 is 1.18 bits per heavy atom. The van der Waals surface area contributed by atoms with Crippen LogP contribution in [0.25, 0.3) is 0 Å². The minimum Gasteiger partial charge on any atom is -0.503 e. The summed E-state index contributed by atoms with van der Waals surface area (Å²) >= 11 is 3.76. The van der Waals surface area contributed by atoms with Crippen LogP contribution in [0.2, 0.25) is 0 Å². The summed E-state index contributed by atoms with van der Waals surface area (Å²) in [7, 11) is 0. The number of halogens is 1. The summed E-state index contributed by atoms with van der Waals surface area (Å²) in [5.74, 6) is -1.28. The molecule has 1 aliphatic heterocycles. The second-order valence-corrected chi connectivity index (χ2v) is 10.1. The van der Waals surface area contributed by atoms with Crippen molar-refractivity contribution in [2.75, 3.05) is 4.90 Å². The van der Waals surface area contributed by atoms with E-state index in [0.29, 0.717) is 20.7 Å². The van der Waals surface area contributed by atoms with Gasteiger partial charge in [-0.25, -0.2) is 4.39 Å². The zero-order valence-corrected chi connectivity index (χ0v) is 19.1. The van der Waals surface area contributed by atoms with Gasteiger partial charge < -0.3 is 9.52 Å². The lowest BCUT2D eigenvalue weighted by atomic mass is 10.0. The van der Waals surface area contributed by atoms with E-state index in [2.05, 4.69) is 10.2 Å². The minimum atomic E-state index is -0.968. The van der Waals surface area contributed by atoms with E-state index >= 15 is 0 Å². The first-order chi connectivity index (χ1) is 16.0. The Labute approximate surface area is 199 Å². The monoisotopic (exact) mass is 499 g/mol. The number of carbonyl (C=O) groups is 2. The van der Waals surface area contributed by atoms with Gasteiger partial charge in [0.2, 0.25) is 10.9 Å². The molecule has 7 nitrogen and oxygen atoms in total. The molecule has 1 N–H and O–H groups in total. The Kier molecular flexibility index (Phi) is 5.83. The molecule has 11 heteroatoms. The molecule has 1 unspecified atom stereocenters. The number of nitrogens with zero attached hydrogens (tertiary/aromatic N) is 3. The van der Waals surface area contributed by atoms with Gasteiger partial charge in [0.25, 0.3) is 5.91 Å². The number of amides is 1.